The number of ether oxygens (including phenoxy) is 2. The summed E-state index contributed by atoms with van der Waals surface area (Å²) in [7, 11) is 0. The molecule has 0 aliphatic carbocycles. The minimum absolute atomic E-state index is 0.0968. The Labute approximate surface area is 126 Å². The number of hydrogen-bond acceptors (Lipinski definition) is 3. The Kier molecular flexibility index (Phi) is 5.62. The second kappa shape index (κ2) is 7.46. The van der Waals surface area contributed by atoms with E-state index in [-0.39, 0.29) is 12.0 Å². The largest absolute Gasteiger partial charge is 0.481 e. The third-order valence-corrected chi connectivity index (χ3v) is 3.73. The fourth-order valence-electron chi connectivity index (χ4n) is 2.37. The lowest BCUT2D eigenvalue weighted by atomic mass is 10.0. The molecule has 0 radical (unpaired) electrons. The molecule has 2 rings (SSSR count). The molecule has 0 aromatic heterocycles. The molecular formula is C17H25NO3. The van der Waals surface area contributed by atoms with Crippen molar-refractivity contribution in [3.05, 3.63) is 29.8 Å². The zero-order valence-electron chi connectivity index (χ0n) is 13.1. The highest BCUT2D eigenvalue weighted by molar-refractivity contribution is 5.80. The van der Waals surface area contributed by atoms with Gasteiger partial charge in [0.25, 0.3) is 5.91 Å². The molecule has 4 nitrogen and oxygen atoms in total. The molecular weight excluding hydrogens is 266 g/mol. The lowest BCUT2D eigenvalue weighted by Crippen LogP contribution is -2.40. The maximum absolute atomic E-state index is 12.0. The Morgan fingerprint density at radius 1 is 1.43 bits per heavy atom. The van der Waals surface area contributed by atoms with Crippen LogP contribution in [-0.4, -0.2) is 31.3 Å². The van der Waals surface area contributed by atoms with Crippen molar-refractivity contribution < 1.29 is 14.3 Å². The van der Waals surface area contributed by atoms with E-state index in [2.05, 4.69) is 25.2 Å². The first-order valence-electron chi connectivity index (χ1n) is 7.72. The predicted molar refractivity (Wildman–Crippen MR) is 82.6 cm³/mol. The molecule has 1 N–H and O–H groups in total. The van der Waals surface area contributed by atoms with E-state index in [1.807, 2.05) is 18.2 Å². The second-order valence-electron chi connectivity index (χ2n) is 5.87. The van der Waals surface area contributed by atoms with E-state index >= 15 is 0 Å². The second-order valence-corrected chi connectivity index (χ2v) is 5.87. The lowest BCUT2D eigenvalue weighted by Gasteiger charge is -2.17. The first-order chi connectivity index (χ1) is 10.1. The number of carbonyl (C=O) groups is 1. The quantitative estimate of drug-likeness (QED) is 0.876. The minimum atomic E-state index is -0.506. The van der Waals surface area contributed by atoms with Crippen molar-refractivity contribution in [1.82, 2.24) is 5.32 Å². The monoisotopic (exact) mass is 291 g/mol. The zero-order valence-corrected chi connectivity index (χ0v) is 13.1. The summed E-state index contributed by atoms with van der Waals surface area (Å²) in [5.41, 5.74) is 1.21. The smallest absolute Gasteiger partial charge is 0.260 e. The molecule has 1 aliphatic heterocycles. The summed E-state index contributed by atoms with van der Waals surface area (Å²) in [6.07, 6.45) is 1.75. The summed E-state index contributed by atoms with van der Waals surface area (Å²) in [6, 6.07) is 7.91. The van der Waals surface area contributed by atoms with Gasteiger partial charge in [-0.15, -0.1) is 0 Å². The molecule has 0 saturated carbocycles. The molecule has 4 heteroatoms. The van der Waals surface area contributed by atoms with Crippen LogP contribution in [0.25, 0.3) is 0 Å². The van der Waals surface area contributed by atoms with E-state index in [0.29, 0.717) is 12.5 Å². The van der Waals surface area contributed by atoms with Crippen molar-refractivity contribution in [3.63, 3.8) is 0 Å². The zero-order chi connectivity index (χ0) is 15.2. The maximum atomic E-state index is 12.0. The summed E-state index contributed by atoms with van der Waals surface area (Å²) in [5, 5.41) is 2.89. The normalized spacial score (nSPS) is 19.5. The number of amides is 1. The summed E-state index contributed by atoms with van der Waals surface area (Å²) < 4.78 is 11.2. The highest BCUT2D eigenvalue weighted by Gasteiger charge is 2.19. The Hall–Kier alpha value is -1.55. The Morgan fingerprint density at radius 2 is 2.24 bits per heavy atom. The highest BCUT2D eigenvalue weighted by Crippen LogP contribution is 2.21. The number of hydrogen-bond donors (Lipinski definition) is 1. The first-order valence-corrected chi connectivity index (χ1v) is 7.72. The van der Waals surface area contributed by atoms with E-state index in [4.69, 9.17) is 9.47 Å². The van der Waals surface area contributed by atoms with Gasteiger partial charge in [-0.2, -0.15) is 0 Å². The van der Waals surface area contributed by atoms with E-state index < -0.39 is 6.10 Å². The summed E-state index contributed by atoms with van der Waals surface area (Å²) in [6.45, 7) is 7.41. The van der Waals surface area contributed by atoms with Crippen molar-refractivity contribution >= 4 is 5.91 Å². The van der Waals surface area contributed by atoms with Crippen molar-refractivity contribution in [2.75, 3.05) is 13.2 Å². The van der Waals surface area contributed by atoms with Crippen LogP contribution in [0.4, 0.5) is 0 Å². The molecule has 1 aromatic rings. The average Bonchev–Trinajstić information content (AvgIpc) is 2.98. The van der Waals surface area contributed by atoms with Crippen LogP contribution in [0, 0.1) is 0 Å². The third kappa shape index (κ3) is 4.74. The standard InChI is InChI=1S/C17H25NO3/c1-12(2)14-6-4-7-15(10-14)21-13(3)17(19)18-11-16-8-5-9-20-16/h4,6-7,10,12-13,16H,5,8-9,11H2,1-3H3,(H,18,19). The Balaban J connectivity index is 1.83. The predicted octanol–water partition coefficient (Wildman–Crippen LogP) is 2.87. The van der Waals surface area contributed by atoms with Crippen LogP contribution >= 0.6 is 0 Å². The Bertz CT molecular complexity index is 467. The van der Waals surface area contributed by atoms with Gasteiger partial charge in [0.05, 0.1) is 6.10 Å². The van der Waals surface area contributed by atoms with Gasteiger partial charge in [0.2, 0.25) is 0 Å². The highest BCUT2D eigenvalue weighted by atomic mass is 16.5. The topological polar surface area (TPSA) is 47.6 Å². The number of nitrogens with one attached hydrogen (secondary N) is 1. The van der Waals surface area contributed by atoms with Gasteiger partial charge < -0.3 is 14.8 Å². The minimum Gasteiger partial charge on any atom is -0.481 e. The molecule has 1 amide bonds. The van der Waals surface area contributed by atoms with Crippen LogP contribution in [0.3, 0.4) is 0 Å². The van der Waals surface area contributed by atoms with E-state index in [1.54, 1.807) is 6.92 Å². The van der Waals surface area contributed by atoms with Crippen molar-refractivity contribution in [2.45, 2.75) is 51.7 Å². The molecule has 116 valence electrons. The molecule has 1 heterocycles. The molecule has 0 bridgehead atoms. The van der Waals surface area contributed by atoms with Crippen molar-refractivity contribution in [1.29, 1.82) is 0 Å². The van der Waals surface area contributed by atoms with Gasteiger partial charge in [-0.1, -0.05) is 26.0 Å². The lowest BCUT2D eigenvalue weighted by molar-refractivity contribution is -0.127. The van der Waals surface area contributed by atoms with Crippen LogP contribution in [-0.2, 0) is 9.53 Å². The number of rotatable bonds is 6. The van der Waals surface area contributed by atoms with Crippen LogP contribution in [0.5, 0.6) is 5.75 Å². The third-order valence-electron chi connectivity index (χ3n) is 3.73. The molecule has 2 unspecified atom stereocenters. The fraction of sp³-hybridized carbons (Fsp3) is 0.588. The molecule has 0 spiro atoms. The first kappa shape index (κ1) is 15.8. The summed E-state index contributed by atoms with van der Waals surface area (Å²) >= 11 is 0. The summed E-state index contributed by atoms with van der Waals surface area (Å²) in [5.74, 6) is 1.08. The van der Waals surface area contributed by atoms with Gasteiger partial charge in [-0.3, -0.25) is 4.79 Å². The SMILES string of the molecule is CC(Oc1cccc(C(C)C)c1)C(=O)NCC1CCCO1. The fourth-order valence-corrected chi connectivity index (χ4v) is 2.37. The molecule has 1 aliphatic rings. The molecule has 1 fully saturated rings. The average molecular weight is 291 g/mol. The molecule has 1 aromatic carbocycles. The van der Waals surface area contributed by atoms with E-state index in [1.165, 1.54) is 5.56 Å². The van der Waals surface area contributed by atoms with Gasteiger partial charge in [0, 0.05) is 13.2 Å². The van der Waals surface area contributed by atoms with Gasteiger partial charge >= 0.3 is 0 Å². The number of benzene rings is 1. The van der Waals surface area contributed by atoms with Crippen molar-refractivity contribution in [2.24, 2.45) is 0 Å². The van der Waals surface area contributed by atoms with E-state index in [9.17, 15) is 4.79 Å². The summed E-state index contributed by atoms with van der Waals surface area (Å²) in [4.78, 5) is 12.0. The molecule has 21 heavy (non-hydrogen) atoms. The van der Waals surface area contributed by atoms with Crippen molar-refractivity contribution in [3.8, 4) is 5.75 Å². The van der Waals surface area contributed by atoms with Crippen LogP contribution < -0.4 is 10.1 Å². The van der Waals surface area contributed by atoms with Gasteiger partial charge in [-0.25, -0.2) is 0 Å². The van der Waals surface area contributed by atoms with Crippen LogP contribution in [0.15, 0.2) is 24.3 Å². The van der Waals surface area contributed by atoms with Crippen LogP contribution in [0.1, 0.15) is 45.1 Å². The van der Waals surface area contributed by atoms with Gasteiger partial charge in [0.15, 0.2) is 6.10 Å². The molecule has 2 atom stereocenters. The van der Waals surface area contributed by atoms with E-state index in [0.717, 1.165) is 25.2 Å². The Morgan fingerprint density at radius 3 is 2.90 bits per heavy atom. The maximum Gasteiger partial charge on any atom is 0.260 e. The number of carbonyl (C=O) groups excluding carboxylic acids is 1. The van der Waals surface area contributed by atoms with Crippen LogP contribution in [0.2, 0.25) is 0 Å². The van der Waals surface area contributed by atoms with Gasteiger partial charge in [0.1, 0.15) is 5.75 Å². The van der Waals surface area contributed by atoms with Gasteiger partial charge in [-0.05, 0) is 43.4 Å². The molecule has 1 saturated heterocycles.